The molecule has 27 heavy (non-hydrogen) atoms. The molecule has 2 atom stereocenters. The largest absolute Gasteiger partial charge is 0.330 e. The first-order valence-corrected chi connectivity index (χ1v) is 9.75. The summed E-state index contributed by atoms with van der Waals surface area (Å²) in [5.41, 5.74) is 10.8. The van der Waals surface area contributed by atoms with E-state index in [4.69, 9.17) is 5.73 Å². The summed E-state index contributed by atoms with van der Waals surface area (Å²) in [7, 11) is 2.08. The SMILES string of the molecule is CN(Cc1cccc(NC(=O)[C@@H]2CCC[C@@H]2CN)c1)Cc1cscn1.Cl.Cl. The number of aromatic nitrogens is 1. The molecule has 0 radical (unpaired) electrons. The van der Waals surface area contributed by atoms with E-state index in [1.54, 1.807) is 11.3 Å². The van der Waals surface area contributed by atoms with Crippen molar-refractivity contribution in [1.82, 2.24) is 9.88 Å². The third-order valence-corrected chi connectivity index (χ3v) is 5.50. The molecule has 1 saturated carbocycles. The van der Waals surface area contributed by atoms with Crippen LogP contribution in [0.4, 0.5) is 5.69 Å². The summed E-state index contributed by atoms with van der Waals surface area (Å²) >= 11 is 1.62. The zero-order chi connectivity index (χ0) is 17.6. The van der Waals surface area contributed by atoms with Crippen LogP contribution < -0.4 is 11.1 Å². The number of nitrogens with two attached hydrogens (primary N) is 1. The van der Waals surface area contributed by atoms with Crippen molar-refractivity contribution in [3.8, 4) is 0 Å². The van der Waals surface area contributed by atoms with E-state index in [9.17, 15) is 4.79 Å². The summed E-state index contributed by atoms with van der Waals surface area (Å²) in [6, 6.07) is 8.10. The highest BCUT2D eigenvalue weighted by Gasteiger charge is 2.31. The van der Waals surface area contributed by atoms with Gasteiger partial charge in [-0.3, -0.25) is 9.69 Å². The van der Waals surface area contributed by atoms with E-state index in [-0.39, 0.29) is 36.6 Å². The summed E-state index contributed by atoms with van der Waals surface area (Å²) < 4.78 is 0. The maximum atomic E-state index is 12.5. The Hall–Kier alpha value is -1.18. The van der Waals surface area contributed by atoms with Gasteiger partial charge in [-0.05, 0) is 50.0 Å². The van der Waals surface area contributed by atoms with E-state index in [1.807, 2.05) is 17.6 Å². The summed E-state index contributed by atoms with van der Waals surface area (Å²) in [4.78, 5) is 19.1. The van der Waals surface area contributed by atoms with Crippen LogP contribution in [0.25, 0.3) is 0 Å². The molecule has 8 heteroatoms. The Morgan fingerprint density at radius 2 is 2.15 bits per heavy atom. The highest BCUT2D eigenvalue weighted by Crippen LogP contribution is 2.31. The number of nitrogens with zero attached hydrogens (tertiary/aromatic N) is 2. The molecule has 1 aromatic carbocycles. The first-order valence-electron chi connectivity index (χ1n) is 8.81. The standard InChI is InChI=1S/C19H26N4OS.2ClH/c1-23(11-17-12-25-13-21-17)10-14-4-2-6-16(8-14)22-19(24)18-7-3-5-15(18)9-20;;/h2,4,6,8,12-13,15,18H,3,5,7,9-11,20H2,1H3,(H,22,24);2*1H/t15-,18-;;/m1../s1. The van der Waals surface area contributed by atoms with Crippen molar-refractivity contribution in [1.29, 1.82) is 0 Å². The Labute approximate surface area is 177 Å². The first kappa shape index (κ1) is 23.9. The fourth-order valence-electron chi connectivity index (χ4n) is 3.61. The van der Waals surface area contributed by atoms with Gasteiger partial charge < -0.3 is 11.1 Å². The molecule has 0 bridgehead atoms. The molecule has 0 saturated heterocycles. The molecule has 0 unspecified atom stereocenters. The van der Waals surface area contributed by atoms with E-state index < -0.39 is 0 Å². The monoisotopic (exact) mass is 430 g/mol. The molecule has 2 aromatic rings. The minimum absolute atomic E-state index is 0. The number of nitrogens with one attached hydrogen (secondary N) is 1. The number of hydrogen-bond acceptors (Lipinski definition) is 5. The van der Waals surface area contributed by atoms with Crippen LogP contribution in [-0.4, -0.2) is 29.4 Å². The highest BCUT2D eigenvalue weighted by atomic mass is 35.5. The van der Waals surface area contributed by atoms with Crippen molar-refractivity contribution in [3.63, 3.8) is 0 Å². The lowest BCUT2D eigenvalue weighted by atomic mass is 9.95. The molecule has 0 aliphatic heterocycles. The number of halogens is 2. The van der Waals surface area contributed by atoms with E-state index in [0.29, 0.717) is 12.5 Å². The maximum absolute atomic E-state index is 12.5. The molecule has 5 nitrogen and oxygen atoms in total. The number of carbonyl (C=O) groups excluding carboxylic acids is 1. The Morgan fingerprint density at radius 1 is 1.33 bits per heavy atom. The van der Waals surface area contributed by atoms with Gasteiger partial charge in [-0.1, -0.05) is 18.6 Å². The third-order valence-electron chi connectivity index (χ3n) is 4.86. The molecule has 1 fully saturated rings. The smallest absolute Gasteiger partial charge is 0.227 e. The Balaban J connectivity index is 0.00000182. The van der Waals surface area contributed by atoms with Crippen molar-refractivity contribution in [2.75, 3.05) is 18.9 Å². The minimum atomic E-state index is 0. The molecular weight excluding hydrogens is 403 g/mol. The molecule has 0 spiro atoms. The van der Waals surface area contributed by atoms with Crippen molar-refractivity contribution >= 4 is 47.7 Å². The minimum Gasteiger partial charge on any atom is -0.330 e. The highest BCUT2D eigenvalue weighted by molar-refractivity contribution is 7.07. The van der Waals surface area contributed by atoms with E-state index in [1.165, 1.54) is 5.56 Å². The lowest BCUT2D eigenvalue weighted by molar-refractivity contribution is -0.120. The maximum Gasteiger partial charge on any atom is 0.227 e. The van der Waals surface area contributed by atoms with Crippen LogP contribution in [-0.2, 0) is 17.9 Å². The van der Waals surface area contributed by atoms with Gasteiger partial charge in [-0.2, -0.15) is 0 Å². The summed E-state index contributed by atoms with van der Waals surface area (Å²) in [5.74, 6) is 0.495. The summed E-state index contributed by atoms with van der Waals surface area (Å²) in [6.45, 7) is 2.23. The topological polar surface area (TPSA) is 71.2 Å². The van der Waals surface area contributed by atoms with Crippen molar-refractivity contribution in [2.45, 2.75) is 32.4 Å². The summed E-state index contributed by atoms with van der Waals surface area (Å²) in [6.07, 6.45) is 3.11. The number of carbonyl (C=O) groups is 1. The van der Waals surface area contributed by atoms with Crippen LogP contribution >= 0.6 is 36.2 Å². The average molecular weight is 431 g/mol. The molecular formula is C19H28Cl2N4OS. The van der Waals surface area contributed by atoms with E-state index in [2.05, 4.69) is 39.8 Å². The molecule has 1 aromatic heterocycles. The van der Waals surface area contributed by atoms with Gasteiger partial charge in [-0.15, -0.1) is 36.2 Å². The average Bonchev–Trinajstić information content (AvgIpc) is 3.26. The van der Waals surface area contributed by atoms with Crippen LogP contribution in [0.3, 0.4) is 0 Å². The van der Waals surface area contributed by atoms with Crippen LogP contribution in [0.2, 0.25) is 0 Å². The zero-order valence-corrected chi connectivity index (χ0v) is 17.9. The predicted molar refractivity (Wildman–Crippen MR) is 117 cm³/mol. The second-order valence-electron chi connectivity index (χ2n) is 6.87. The van der Waals surface area contributed by atoms with Gasteiger partial charge in [0.2, 0.25) is 5.91 Å². The van der Waals surface area contributed by atoms with E-state index in [0.717, 1.165) is 43.7 Å². The van der Waals surface area contributed by atoms with Crippen molar-refractivity contribution in [3.05, 3.63) is 46.4 Å². The number of benzene rings is 1. The third kappa shape index (κ3) is 6.73. The number of thiazole rings is 1. The number of rotatable bonds is 7. The van der Waals surface area contributed by atoms with Gasteiger partial charge in [0.25, 0.3) is 0 Å². The predicted octanol–water partition coefficient (Wildman–Crippen LogP) is 3.93. The molecule has 1 aliphatic rings. The summed E-state index contributed by atoms with van der Waals surface area (Å²) in [5, 5.41) is 5.16. The van der Waals surface area contributed by atoms with Gasteiger partial charge in [0.05, 0.1) is 11.2 Å². The van der Waals surface area contributed by atoms with Crippen molar-refractivity contribution in [2.24, 2.45) is 17.6 Å². The lowest BCUT2D eigenvalue weighted by Gasteiger charge is -2.19. The number of hydrogen-bond donors (Lipinski definition) is 2. The van der Waals surface area contributed by atoms with Crippen LogP contribution in [0.15, 0.2) is 35.2 Å². The van der Waals surface area contributed by atoms with Crippen LogP contribution in [0.5, 0.6) is 0 Å². The molecule has 3 rings (SSSR count). The fraction of sp³-hybridized carbons (Fsp3) is 0.474. The first-order chi connectivity index (χ1) is 12.2. The van der Waals surface area contributed by atoms with Gasteiger partial charge >= 0.3 is 0 Å². The molecule has 1 aliphatic carbocycles. The second kappa shape index (κ2) is 11.6. The van der Waals surface area contributed by atoms with E-state index >= 15 is 0 Å². The van der Waals surface area contributed by atoms with Gasteiger partial charge in [0.1, 0.15) is 0 Å². The number of amides is 1. The van der Waals surface area contributed by atoms with Crippen molar-refractivity contribution < 1.29 is 4.79 Å². The molecule has 150 valence electrons. The normalized spacial score (nSPS) is 18.6. The van der Waals surface area contributed by atoms with Gasteiger partial charge in [0.15, 0.2) is 0 Å². The number of anilines is 1. The van der Waals surface area contributed by atoms with Gasteiger partial charge in [0, 0.05) is 30.1 Å². The Morgan fingerprint density at radius 3 is 2.85 bits per heavy atom. The van der Waals surface area contributed by atoms with Crippen LogP contribution in [0.1, 0.15) is 30.5 Å². The Kier molecular flexibility index (Phi) is 10.3. The Bertz CT molecular complexity index is 699. The lowest BCUT2D eigenvalue weighted by Crippen LogP contribution is -2.29. The van der Waals surface area contributed by atoms with Crippen LogP contribution in [0, 0.1) is 11.8 Å². The van der Waals surface area contributed by atoms with Gasteiger partial charge in [-0.25, -0.2) is 4.98 Å². The molecule has 3 N–H and O–H groups in total. The fourth-order valence-corrected chi connectivity index (χ4v) is 4.16. The second-order valence-corrected chi connectivity index (χ2v) is 7.59. The molecule has 1 amide bonds. The zero-order valence-electron chi connectivity index (χ0n) is 15.5. The quantitative estimate of drug-likeness (QED) is 0.697. The molecule has 1 heterocycles.